The number of carbonyl (C=O) groups is 3. The van der Waals surface area contributed by atoms with E-state index in [0.29, 0.717) is 24.5 Å². The smallest absolute Gasteiger partial charge is 0.253 e. The van der Waals surface area contributed by atoms with E-state index in [-0.39, 0.29) is 36.8 Å². The van der Waals surface area contributed by atoms with Gasteiger partial charge in [-0.05, 0) is 43.5 Å². The number of benzene rings is 1. The first-order valence-electron chi connectivity index (χ1n) is 13.9. The molecule has 0 saturated carbocycles. The third kappa shape index (κ3) is 4.09. The molecule has 39 heavy (non-hydrogen) atoms. The summed E-state index contributed by atoms with van der Waals surface area (Å²) < 4.78 is 12.1. The summed E-state index contributed by atoms with van der Waals surface area (Å²) in [5.41, 5.74) is -1.75. The number of aliphatic hydroxyl groups is 1. The van der Waals surface area contributed by atoms with Gasteiger partial charge in [-0.2, -0.15) is 0 Å². The Morgan fingerprint density at radius 3 is 2.33 bits per heavy atom. The maximum atomic E-state index is 14.5. The van der Waals surface area contributed by atoms with E-state index in [1.165, 1.54) is 4.90 Å². The van der Waals surface area contributed by atoms with Crippen LogP contribution in [0.2, 0.25) is 0 Å². The van der Waals surface area contributed by atoms with Gasteiger partial charge in [-0.1, -0.05) is 45.1 Å². The number of aliphatic hydroxyl groups excluding tert-OH is 1. The Bertz CT molecular complexity index is 1200. The number of rotatable bonds is 7. The number of carbonyl (C=O) groups excluding carboxylic acids is 3. The molecule has 4 aliphatic rings. The highest BCUT2D eigenvalue weighted by atomic mass is 16.5. The van der Waals surface area contributed by atoms with Crippen LogP contribution >= 0.6 is 0 Å². The van der Waals surface area contributed by atoms with E-state index in [1.54, 1.807) is 29.0 Å². The lowest BCUT2D eigenvalue weighted by atomic mass is 9.74. The molecule has 210 valence electrons. The van der Waals surface area contributed by atoms with E-state index < -0.39 is 35.1 Å². The van der Waals surface area contributed by atoms with Gasteiger partial charge < -0.3 is 29.3 Å². The van der Waals surface area contributed by atoms with Crippen molar-refractivity contribution in [2.45, 2.75) is 57.4 Å². The molecule has 1 aromatic rings. The summed E-state index contributed by atoms with van der Waals surface area (Å²) in [6.45, 7) is 8.69. The van der Waals surface area contributed by atoms with Crippen LogP contribution in [0.5, 0.6) is 5.75 Å². The fourth-order valence-corrected chi connectivity index (χ4v) is 6.95. The van der Waals surface area contributed by atoms with E-state index in [4.69, 9.17) is 9.47 Å². The molecular weight excluding hydrogens is 498 g/mol. The van der Waals surface area contributed by atoms with Crippen molar-refractivity contribution in [3.63, 3.8) is 0 Å². The fraction of sp³-hybridized carbons (Fsp3) is 0.567. The predicted octanol–water partition coefficient (Wildman–Crippen LogP) is 2.39. The van der Waals surface area contributed by atoms with Crippen LogP contribution in [-0.4, -0.2) is 89.3 Å². The number of nitrogens with zero attached hydrogens (tertiary/aromatic N) is 3. The lowest BCUT2D eigenvalue weighted by Crippen LogP contribution is -2.59. The number of fused-ring (bicyclic) bond motifs is 2. The number of amides is 3. The van der Waals surface area contributed by atoms with E-state index >= 15 is 0 Å². The summed E-state index contributed by atoms with van der Waals surface area (Å²) in [6, 6.07) is 5.53. The average Bonchev–Trinajstić information content (AvgIpc) is 3.18. The Hall–Kier alpha value is -3.17. The lowest BCUT2D eigenvalue weighted by molar-refractivity contribution is -0.152. The maximum Gasteiger partial charge on any atom is 0.253 e. The first-order valence-corrected chi connectivity index (χ1v) is 13.9. The van der Waals surface area contributed by atoms with Gasteiger partial charge in [0.15, 0.2) is 0 Å². The van der Waals surface area contributed by atoms with Gasteiger partial charge >= 0.3 is 0 Å². The Kier molecular flexibility index (Phi) is 7.09. The standard InChI is InChI=1S/C30H39N3O6/c1-6-15-31-16-7-13-29(4)23(26(31)35)24-27(36)33(22(18-34)19(2)3)25-28(37)32(17-8-14-30(24,25)39-29)20-9-11-21(38-5)12-10-20/h7-14,19,22-25,34H,6,15-18H2,1-5H3/t22-,23+,24-,25?,29-,30-/m0/s1. The molecule has 0 bridgehead atoms. The minimum Gasteiger partial charge on any atom is -0.497 e. The molecule has 1 unspecified atom stereocenters. The van der Waals surface area contributed by atoms with Gasteiger partial charge in [0.05, 0.1) is 37.2 Å². The van der Waals surface area contributed by atoms with Crippen LogP contribution in [0.4, 0.5) is 5.69 Å². The highest BCUT2D eigenvalue weighted by Crippen LogP contribution is 2.58. The number of ether oxygens (including phenoxy) is 2. The topological polar surface area (TPSA) is 99.6 Å². The van der Waals surface area contributed by atoms with E-state index in [2.05, 4.69) is 0 Å². The van der Waals surface area contributed by atoms with Crippen molar-refractivity contribution in [2.24, 2.45) is 17.8 Å². The third-order valence-corrected chi connectivity index (χ3v) is 8.77. The summed E-state index contributed by atoms with van der Waals surface area (Å²) >= 11 is 0. The fourth-order valence-electron chi connectivity index (χ4n) is 6.95. The second-order valence-corrected chi connectivity index (χ2v) is 11.5. The number of likely N-dealkylation sites (tertiary alicyclic amines) is 1. The van der Waals surface area contributed by atoms with Crippen molar-refractivity contribution < 1.29 is 29.0 Å². The zero-order chi connectivity index (χ0) is 28.1. The minimum atomic E-state index is -1.35. The second kappa shape index (κ2) is 10.1. The Labute approximate surface area is 230 Å². The second-order valence-electron chi connectivity index (χ2n) is 11.5. The minimum absolute atomic E-state index is 0.128. The quantitative estimate of drug-likeness (QED) is 0.537. The first kappa shape index (κ1) is 27.4. The predicted molar refractivity (Wildman–Crippen MR) is 146 cm³/mol. The van der Waals surface area contributed by atoms with Crippen LogP contribution in [0.15, 0.2) is 48.6 Å². The van der Waals surface area contributed by atoms with E-state index in [1.807, 2.05) is 64.1 Å². The molecule has 9 nitrogen and oxygen atoms in total. The Balaban J connectivity index is 1.66. The SMILES string of the molecule is CCCN1CC=C[C@]2(C)O[C@]34C=CCN(c5ccc(OC)cc5)C(=O)C3N([C@@H](CO)C(C)C)C(=O)[C@@H]4[C@@H]2C1=O. The van der Waals surface area contributed by atoms with Crippen LogP contribution in [0.25, 0.3) is 0 Å². The van der Waals surface area contributed by atoms with Gasteiger partial charge in [-0.3, -0.25) is 14.4 Å². The molecule has 1 aromatic carbocycles. The highest BCUT2D eigenvalue weighted by molar-refractivity contribution is 6.06. The molecule has 6 atom stereocenters. The zero-order valence-electron chi connectivity index (χ0n) is 23.4. The summed E-state index contributed by atoms with van der Waals surface area (Å²) in [4.78, 5) is 48.0. The van der Waals surface area contributed by atoms with Gasteiger partial charge in [0.2, 0.25) is 11.8 Å². The number of methoxy groups -OCH3 is 1. The Morgan fingerprint density at radius 2 is 1.72 bits per heavy atom. The monoisotopic (exact) mass is 537 g/mol. The summed E-state index contributed by atoms with van der Waals surface area (Å²) in [6.07, 6.45) is 8.31. The molecule has 2 saturated heterocycles. The average molecular weight is 538 g/mol. The summed E-state index contributed by atoms with van der Waals surface area (Å²) in [5, 5.41) is 10.4. The van der Waals surface area contributed by atoms with Gasteiger partial charge in [-0.15, -0.1) is 0 Å². The van der Waals surface area contributed by atoms with Gasteiger partial charge in [0, 0.05) is 25.3 Å². The van der Waals surface area contributed by atoms with Gasteiger partial charge in [-0.25, -0.2) is 0 Å². The molecule has 0 radical (unpaired) electrons. The lowest BCUT2D eigenvalue weighted by Gasteiger charge is -2.41. The molecule has 4 heterocycles. The van der Waals surface area contributed by atoms with Crippen molar-refractivity contribution in [1.82, 2.24) is 9.80 Å². The van der Waals surface area contributed by atoms with Crippen molar-refractivity contribution >= 4 is 23.4 Å². The van der Waals surface area contributed by atoms with Crippen LogP contribution in [0.3, 0.4) is 0 Å². The van der Waals surface area contributed by atoms with Crippen molar-refractivity contribution in [3.8, 4) is 5.75 Å². The molecule has 0 aromatic heterocycles. The number of hydrogen-bond acceptors (Lipinski definition) is 6. The molecule has 1 spiro atoms. The summed E-state index contributed by atoms with van der Waals surface area (Å²) in [7, 11) is 1.58. The van der Waals surface area contributed by atoms with Crippen LogP contribution < -0.4 is 9.64 Å². The van der Waals surface area contributed by atoms with E-state index in [0.717, 1.165) is 6.42 Å². The molecule has 4 aliphatic heterocycles. The molecule has 9 heteroatoms. The molecule has 3 amide bonds. The van der Waals surface area contributed by atoms with Crippen LogP contribution in [0, 0.1) is 17.8 Å². The molecule has 2 fully saturated rings. The summed E-state index contributed by atoms with van der Waals surface area (Å²) in [5.74, 6) is -1.91. The zero-order valence-corrected chi connectivity index (χ0v) is 23.4. The van der Waals surface area contributed by atoms with Gasteiger partial charge in [0.25, 0.3) is 5.91 Å². The van der Waals surface area contributed by atoms with Crippen molar-refractivity contribution in [2.75, 3.05) is 38.3 Å². The molecule has 5 rings (SSSR count). The molecular formula is C30H39N3O6. The number of hydrogen-bond donors (Lipinski definition) is 1. The van der Waals surface area contributed by atoms with Crippen LogP contribution in [-0.2, 0) is 19.1 Å². The number of anilines is 1. The largest absolute Gasteiger partial charge is 0.497 e. The van der Waals surface area contributed by atoms with Crippen molar-refractivity contribution in [3.05, 3.63) is 48.6 Å². The first-order chi connectivity index (χ1) is 18.6. The third-order valence-electron chi connectivity index (χ3n) is 8.77. The Morgan fingerprint density at radius 1 is 1.03 bits per heavy atom. The molecule has 1 N–H and O–H groups in total. The highest BCUT2D eigenvalue weighted by Gasteiger charge is 2.75. The van der Waals surface area contributed by atoms with Gasteiger partial charge in [0.1, 0.15) is 17.4 Å². The maximum absolute atomic E-state index is 14.5. The van der Waals surface area contributed by atoms with Crippen LogP contribution in [0.1, 0.15) is 34.1 Å². The van der Waals surface area contributed by atoms with E-state index in [9.17, 15) is 19.5 Å². The normalized spacial score (nSPS) is 32.7. The van der Waals surface area contributed by atoms with Crippen molar-refractivity contribution in [1.29, 1.82) is 0 Å². The molecule has 0 aliphatic carbocycles.